The van der Waals surface area contributed by atoms with Gasteiger partial charge in [0.2, 0.25) is 0 Å². The molecule has 1 aliphatic heterocycles. The van der Waals surface area contributed by atoms with Gasteiger partial charge in [0, 0.05) is 37.5 Å². The number of para-hydroxylation sites is 2. The van der Waals surface area contributed by atoms with Crippen molar-refractivity contribution in [2.24, 2.45) is 0 Å². The van der Waals surface area contributed by atoms with Gasteiger partial charge in [-0.05, 0) is 23.3 Å². The van der Waals surface area contributed by atoms with E-state index in [0.717, 1.165) is 39.1 Å². The van der Waals surface area contributed by atoms with Crippen molar-refractivity contribution >= 4 is 16.9 Å². The van der Waals surface area contributed by atoms with Gasteiger partial charge in [0.15, 0.2) is 0 Å². The van der Waals surface area contributed by atoms with E-state index >= 15 is 0 Å². The van der Waals surface area contributed by atoms with Gasteiger partial charge in [-0.3, -0.25) is 4.79 Å². The minimum Gasteiger partial charge on any atom is -0.342 e. The monoisotopic (exact) mass is 355 g/mol. The van der Waals surface area contributed by atoms with Crippen molar-refractivity contribution < 1.29 is 4.79 Å². The summed E-state index contributed by atoms with van der Waals surface area (Å²) >= 11 is 0. The zero-order valence-corrected chi connectivity index (χ0v) is 14.6. The zero-order valence-electron chi connectivity index (χ0n) is 14.6. The highest BCUT2D eigenvalue weighted by molar-refractivity contribution is 6.04. The average molecular weight is 355 g/mol. The molecule has 3 heterocycles. The Hall–Kier alpha value is -3.54. The van der Waals surface area contributed by atoms with Crippen LogP contribution in [0.15, 0.2) is 61.2 Å². The minimum absolute atomic E-state index is 0.0561. The number of H-pyrrole nitrogens is 1. The summed E-state index contributed by atoms with van der Waals surface area (Å²) in [6.07, 6.45) is 5.67. The van der Waals surface area contributed by atoms with E-state index in [0.29, 0.717) is 19.5 Å². The largest absolute Gasteiger partial charge is 0.342 e. The Kier molecular flexibility index (Phi) is 3.67. The van der Waals surface area contributed by atoms with E-state index in [1.807, 2.05) is 47.4 Å². The maximum absolute atomic E-state index is 13.0. The van der Waals surface area contributed by atoms with Gasteiger partial charge in [0.05, 0.1) is 16.6 Å². The highest BCUT2D eigenvalue weighted by Crippen LogP contribution is 2.32. The van der Waals surface area contributed by atoms with Gasteiger partial charge in [0.25, 0.3) is 5.91 Å². The quantitative estimate of drug-likeness (QED) is 0.610. The van der Waals surface area contributed by atoms with Crippen LogP contribution in [0.3, 0.4) is 0 Å². The molecule has 0 spiro atoms. The maximum atomic E-state index is 13.0. The van der Waals surface area contributed by atoms with E-state index in [9.17, 15) is 4.79 Å². The predicted octanol–water partition coefficient (Wildman–Crippen LogP) is 3.22. The Bertz CT molecular complexity index is 1100. The fraction of sp³-hybridized carbons (Fsp3) is 0.143. The minimum atomic E-state index is 0.0561. The summed E-state index contributed by atoms with van der Waals surface area (Å²) < 4.78 is 0. The molecule has 5 rings (SSSR count). The number of aromatic amines is 1. The number of imidazole rings is 1. The highest BCUT2D eigenvalue weighted by atomic mass is 16.2. The van der Waals surface area contributed by atoms with Crippen LogP contribution in [0, 0.1) is 0 Å². The molecule has 0 unspecified atom stereocenters. The molecule has 2 aromatic heterocycles. The second-order valence-electron chi connectivity index (χ2n) is 6.64. The normalized spacial score (nSPS) is 13.3. The van der Waals surface area contributed by atoms with Gasteiger partial charge >= 0.3 is 0 Å². The summed E-state index contributed by atoms with van der Waals surface area (Å²) in [5, 5.41) is 0. The summed E-state index contributed by atoms with van der Waals surface area (Å²) in [5.41, 5.74) is 5.54. The lowest BCUT2D eigenvalue weighted by atomic mass is 9.99. The lowest BCUT2D eigenvalue weighted by Gasteiger charge is -2.14. The number of carbonyl (C=O) groups is 1. The standard InChI is InChI=1S/C21H17N5O/c27-21-20-14(4-3-5-16(20)15-10-22-13-23-11-15)12-26(21)9-8-19-24-17-6-1-2-7-18(17)25-19/h1-7,10-11,13H,8-9,12H2,(H,24,25). The molecule has 0 aliphatic carbocycles. The van der Waals surface area contributed by atoms with Gasteiger partial charge in [-0.15, -0.1) is 0 Å². The van der Waals surface area contributed by atoms with E-state index in [-0.39, 0.29) is 5.91 Å². The van der Waals surface area contributed by atoms with Crippen LogP contribution in [-0.2, 0) is 13.0 Å². The van der Waals surface area contributed by atoms with Crippen LogP contribution >= 0.6 is 0 Å². The van der Waals surface area contributed by atoms with Crippen molar-refractivity contribution in [2.75, 3.05) is 6.54 Å². The van der Waals surface area contributed by atoms with E-state index in [1.54, 1.807) is 12.4 Å². The second-order valence-corrected chi connectivity index (χ2v) is 6.64. The number of nitrogens with one attached hydrogen (secondary N) is 1. The fourth-order valence-electron chi connectivity index (χ4n) is 3.64. The molecule has 6 nitrogen and oxygen atoms in total. The van der Waals surface area contributed by atoms with Crippen LogP contribution < -0.4 is 0 Å². The molecule has 2 aromatic carbocycles. The van der Waals surface area contributed by atoms with Gasteiger partial charge in [-0.2, -0.15) is 0 Å². The van der Waals surface area contributed by atoms with E-state index in [1.165, 1.54) is 6.33 Å². The molecule has 0 fully saturated rings. The van der Waals surface area contributed by atoms with Crippen LogP contribution in [0.25, 0.3) is 22.2 Å². The van der Waals surface area contributed by atoms with Crippen molar-refractivity contribution in [3.63, 3.8) is 0 Å². The maximum Gasteiger partial charge on any atom is 0.255 e. The van der Waals surface area contributed by atoms with Crippen LogP contribution in [0.1, 0.15) is 21.7 Å². The molecule has 0 atom stereocenters. The van der Waals surface area contributed by atoms with Crippen molar-refractivity contribution in [3.05, 3.63) is 78.1 Å². The number of nitrogens with zero attached hydrogens (tertiary/aromatic N) is 4. The van der Waals surface area contributed by atoms with Crippen molar-refractivity contribution in [2.45, 2.75) is 13.0 Å². The molecule has 1 amide bonds. The average Bonchev–Trinajstić information content (AvgIpc) is 3.27. The summed E-state index contributed by atoms with van der Waals surface area (Å²) in [6, 6.07) is 13.9. The van der Waals surface area contributed by atoms with Gasteiger partial charge in [-0.1, -0.05) is 30.3 Å². The Morgan fingerprint density at radius 2 is 1.89 bits per heavy atom. The third-order valence-corrected chi connectivity index (χ3v) is 4.94. The Morgan fingerprint density at radius 1 is 1.04 bits per heavy atom. The van der Waals surface area contributed by atoms with Crippen LogP contribution in [0.4, 0.5) is 0 Å². The number of carbonyl (C=O) groups excluding carboxylic acids is 1. The van der Waals surface area contributed by atoms with Crippen LogP contribution in [0.5, 0.6) is 0 Å². The van der Waals surface area contributed by atoms with E-state index in [2.05, 4.69) is 19.9 Å². The number of fused-ring (bicyclic) bond motifs is 2. The Morgan fingerprint density at radius 3 is 2.74 bits per heavy atom. The topological polar surface area (TPSA) is 74.8 Å². The van der Waals surface area contributed by atoms with Gasteiger partial charge in [-0.25, -0.2) is 15.0 Å². The Labute approximate surface area is 155 Å². The van der Waals surface area contributed by atoms with Crippen molar-refractivity contribution in [1.82, 2.24) is 24.8 Å². The smallest absolute Gasteiger partial charge is 0.255 e. The lowest BCUT2D eigenvalue weighted by Crippen LogP contribution is -2.26. The molecule has 132 valence electrons. The summed E-state index contributed by atoms with van der Waals surface area (Å²) in [4.78, 5) is 31.0. The lowest BCUT2D eigenvalue weighted by molar-refractivity contribution is 0.0780. The van der Waals surface area contributed by atoms with E-state index in [4.69, 9.17) is 0 Å². The molecular formula is C21H17N5O. The number of amides is 1. The second kappa shape index (κ2) is 6.32. The summed E-state index contributed by atoms with van der Waals surface area (Å²) in [7, 11) is 0. The number of rotatable bonds is 4. The molecule has 0 saturated carbocycles. The molecule has 1 aliphatic rings. The molecule has 0 bridgehead atoms. The SMILES string of the molecule is O=C1c2c(cccc2-c2cncnc2)CN1CCc1nc2ccccc2[nH]1. The molecule has 6 heteroatoms. The first-order valence-corrected chi connectivity index (χ1v) is 8.90. The zero-order chi connectivity index (χ0) is 18.2. The fourth-order valence-corrected chi connectivity index (χ4v) is 3.64. The predicted molar refractivity (Wildman–Crippen MR) is 102 cm³/mol. The summed E-state index contributed by atoms with van der Waals surface area (Å²) in [6.45, 7) is 1.24. The molecule has 27 heavy (non-hydrogen) atoms. The van der Waals surface area contributed by atoms with Crippen LogP contribution in [-0.4, -0.2) is 37.3 Å². The Balaban J connectivity index is 1.39. The summed E-state index contributed by atoms with van der Waals surface area (Å²) in [5.74, 6) is 0.956. The molecule has 4 aromatic rings. The third-order valence-electron chi connectivity index (χ3n) is 4.94. The molecular weight excluding hydrogens is 338 g/mol. The van der Waals surface area contributed by atoms with Crippen molar-refractivity contribution in [1.29, 1.82) is 0 Å². The molecule has 1 N–H and O–H groups in total. The number of aromatic nitrogens is 4. The van der Waals surface area contributed by atoms with Gasteiger partial charge < -0.3 is 9.88 Å². The molecule has 0 radical (unpaired) electrons. The first kappa shape index (κ1) is 15.7. The van der Waals surface area contributed by atoms with Crippen molar-refractivity contribution in [3.8, 4) is 11.1 Å². The molecule has 0 saturated heterocycles. The number of hydrogen-bond acceptors (Lipinski definition) is 4. The number of benzene rings is 2. The number of hydrogen-bond donors (Lipinski definition) is 1. The van der Waals surface area contributed by atoms with E-state index < -0.39 is 0 Å². The first-order valence-electron chi connectivity index (χ1n) is 8.90. The third kappa shape index (κ3) is 2.75. The van der Waals surface area contributed by atoms with Crippen LogP contribution in [0.2, 0.25) is 0 Å². The first-order chi connectivity index (χ1) is 13.3. The highest BCUT2D eigenvalue weighted by Gasteiger charge is 2.30. The van der Waals surface area contributed by atoms with Gasteiger partial charge in [0.1, 0.15) is 12.2 Å².